The van der Waals surface area contributed by atoms with Crippen LogP contribution < -0.4 is 10.2 Å². The van der Waals surface area contributed by atoms with Gasteiger partial charge in [-0.05, 0) is 30.4 Å². The third-order valence-electron chi connectivity index (χ3n) is 4.36. The van der Waals surface area contributed by atoms with E-state index in [-0.39, 0.29) is 11.2 Å². The van der Waals surface area contributed by atoms with Crippen LogP contribution in [0.4, 0.5) is 5.82 Å². The number of halogens is 1. The number of hydrogen-bond donors (Lipinski definition) is 1. The molecule has 21 heavy (non-hydrogen) atoms. The molecule has 7 heteroatoms. The number of rotatable bonds is 4. The van der Waals surface area contributed by atoms with Crippen molar-refractivity contribution in [1.29, 1.82) is 0 Å². The quantitative estimate of drug-likeness (QED) is 0.844. The van der Waals surface area contributed by atoms with E-state index >= 15 is 0 Å². The van der Waals surface area contributed by atoms with E-state index in [0.717, 1.165) is 38.7 Å². The molecule has 3 aliphatic rings. The molecule has 3 fully saturated rings. The van der Waals surface area contributed by atoms with Crippen molar-refractivity contribution in [2.75, 3.05) is 37.7 Å². The number of aromatic nitrogens is 2. The van der Waals surface area contributed by atoms with Crippen molar-refractivity contribution in [2.24, 2.45) is 11.3 Å². The minimum Gasteiger partial charge on any atom is -0.380 e. The van der Waals surface area contributed by atoms with E-state index in [2.05, 4.69) is 20.2 Å². The number of nitrogens with one attached hydrogen (secondary N) is 1. The molecular weight excluding hydrogens is 292 g/mol. The van der Waals surface area contributed by atoms with Gasteiger partial charge in [-0.2, -0.15) is 0 Å². The molecule has 0 unspecified atom stereocenters. The normalized spacial score (nSPS) is 22.6. The zero-order valence-electron chi connectivity index (χ0n) is 11.6. The summed E-state index contributed by atoms with van der Waals surface area (Å²) in [6.45, 7) is 4.17. The highest BCUT2D eigenvalue weighted by atomic mass is 35.5. The number of carbonyl (C=O) groups is 1. The molecule has 112 valence electrons. The van der Waals surface area contributed by atoms with Crippen LogP contribution in [-0.4, -0.2) is 48.7 Å². The van der Waals surface area contributed by atoms with E-state index in [4.69, 9.17) is 16.3 Å². The molecule has 0 radical (unpaired) electrons. The Labute approximate surface area is 127 Å². The van der Waals surface area contributed by atoms with E-state index in [9.17, 15) is 4.79 Å². The molecule has 1 aromatic heterocycles. The second-order valence-corrected chi connectivity index (χ2v) is 6.72. The maximum absolute atomic E-state index is 12.1. The highest BCUT2D eigenvalue weighted by Crippen LogP contribution is 2.39. The summed E-state index contributed by atoms with van der Waals surface area (Å²) >= 11 is 5.96. The molecule has 1 N–H and O–H groups in total. The first-order chi connectivity index (χ1) is 10.1. The van der Waals surface area contributed by atoms with Crippen molar-refractivity contribution in [3.05, 3.63) is 17.0 Å². The number of amides is 1. The summed E-state index contributed by atoms with van der Waals surface area (Å²) in [4.78, 5) is 22.5. The van der Waals surface area contributed by atoms with E-state index in [1.54, 1.807) is 6.07 Å². The van der Waals surface area contributed by atoms with Crippen LogP contribution in [0.3, 0.4) is 0 Å². The number of carbonyl (C=O) groups excluding carboxylic acids is 1. The summed E-state index contributed by atoms with van der Waals surface area (Å²) in [6.07, 6.45) is 2.40. The van der Waals surface area contributed by atoms with Crippen molar-refractivity contribution in [1.82, 2.24) is 15.3 Å². The zero-order valence-corrected chi connectivity index (χ0v) is 12.4. The van der Waals surface area contributed by atoms with Crippen molar-refractivity contribution in [3.63, 3.8) is 0 Å². The van der Waals surface area contributed by atoms with Gasteiger partial charge in [-0.1, -0.05) is 0 Å². The van der Waals surface area contributed by atoms with Crippen molar-refractivity contribution in [3.8, 4) is 0 Å². The van der Waals surface area contributed by atoms with Gasteiger partial charge in [0.25, 0.3) is 5.91 Å². The van der Waals surface area contributed by atoms with Crippen LogP contribution in [-0.2, 0) is 4.74 Å². The summed E-state index contributed by atoms with van der Waals surface area (Å²) in [5.74, 6) is 1.19. The van der Waals surface area contributed by atoms with Crippen LogP contribution in [0.5, 0.6) is 0 Å². The first-order valence-electron chi connectivity index (χ1n) is 7.29. The SMILES string of the molecule is O=C(NCC1CC1)c1cc(N2CC3(COC3)C2)nc(Cl)n1. The largest absolute Gasteiger partial charge is 0.380 e. The van der Waals surface area contributed by atoms with Crippen LogP contribution in [0.2, 0.25) is 5.28 Å². The Bertz CT molecular complexity index is 578. The molecule has 1 amide bonds. The first-order valence-corrected chi connectivity index (χ1v) is 7.67. The van der Waals surface area contributed by atoms with E-state index in [1.807, 2.05) is 0 Å². The summed E-state index contributed by atoms with van der Waals surface area (Å²) in [5.41, 5.74) is 0.641. The van der Waals surface area contributed by atoms with Gasteiger partial charge in [-0.15, -0.1) is 0 Å². The molecule has 0 bridgehead atoms. The van der Waals surface area contributed by atoms with Gasteiger partial charge < -0.3 is 15.0 Å². The Hall–Kier alpha value is -1.40. The van der Waals surface area contributed by atoms with Gasteiger partial charge in [0.15, 0.2) is 0 Å². The standard InChI is InChI=1S/C14H17ClN4O2/c15-13-17-10(12(20)16-4-9-1-2-9)3-11(18-13)19-5-14(6-19)7-21-8-14/h3,9H,1-2,4-8H2,(H,16,20). The van der Waals surface area contributed by atoms with E-state index < -0.39 is 0 Å². The Morgan fingerprint density at radius 2 is 2.19 bits per heavy atom. The van der Waals surface area contributed by atoms with Crippen molar-refractivity contribution < 1.29 is 9.53 Å². The molecule has 1 aliphatic carbocycles. The lowest BCUT2D eigenvalue weighted by Crippen LogP contribution is -2.66. The van der Waals surface area contributed by atoms with Crippen LogP contribution in [0.25, 0.3) is 0 Å². The molecule has 2 saturated heterocycles. The molecule has 1 aromatic rings. The minimum absolute atomic E-state index is 0.120. The molecule has 6 nitrogen and oxygen atoms in total. The lowest BCUT2D eigenvalue weighted by atomic mass is 9.78. The summed E-state index contributed by atoms with van der Waals surface area (Å²) in [5, 5.41) is 3.02. The number of ether oxygens (including phenoxy) is 1. The number of nitrogens with zero attached hydrogens (tertiary/aromatic N) is 3. The van der Waals surface area contributed by atoms with Crippen LogP contribution in [0.15, 0.2) is 6.07 Å². The topological polar surface area (TPSA) is 67.4 Å². The molecule has 3 heterocycles. The Morgan fingerprint density at radius 1 is 1.43 bits per heavy atom. The number of hydrogen-bond acceptors (Lipinski definition) is 5. The fourth-order valence-corrected chi connectivity index (χ4v) is 3.01. The van der Waals surface area contributed by atoms with Gasteiger partial charge in [0, 0.05) is 25.7 Å². The fraction of sp³-hybridized carbons (Fsp3) is 0.643. The van der Waals surface area contributed by atoms with E-state index in [1.165, 1.54) is 12.8 Å². The third-order valence-corrected chi connectivity index (χ3v) is 4.53. The maximum Gasteiger partial charge on any atom is 0.270 e. The predicted octanol–water partition coefficient (Wildman–Crippen LogP) is 1.11. The third kappa shape index (κ3) is 2.58. The van der Waals surface area contributed by atoms with Gasteiger partial charge in [-0.25, -0.2) is 9.97 Å². The average Bonchev–Trinajstić information content (AvgIpc) is 3.16. The number of anilines is 1. The van der Waals surface area contributed by atoms with Crippen LogP contribution in [0.1, 0.15) is 23.3 Å². The predicted molar refractivity (Wildman–Crippen MR) is 77.6 cm³/mol. The summed E-state index contributed by atoms with van der Waals surface area (Å²) < 4.78 is 5.26. The zero-order chi connectivity index (χ0) is 14.4. The first kappa shape index (κ1) is 13.3. The highest BCUT2D eigenvalue weighted by Gasteiger charge is 2.49. The average molecular weight is 309 g/mol. The smallest absolute Gasteiger partial charge is 0.270 e. The molecular formula is C14H17ClN4O2. The van der Waals surface area contributed by atoms with Gasteiger partial charge in [0.2, 0.25) is 5.28 Å². The molecule has 0 atom stereocenters. The summed E-state index contributed by atoms with van der Waals surface area (Å²) in [6, 6.07) is 1.72. The molecule has 1 spiro atoms. The fourth-order valence-electron chi connectivity index (χ4n) is 2.83. The Morgan fingerprint density at radius 3 is 2.81 bits per heavy atom. The second-order valence-electron chi connectivity index (χ2n) is 6.38. The van der Waals surface area contributed by atoms with Crippen molar-refractivity contribution >= 4 is 23.3 Å². The lowest BCUT2D eigenvalue weighted by Gasteiger charge is -2.55. The molecule has 1 saturated carbocycles. The van der Waals surface area contributed by atoms with Gasteiger partial charge in [-0.3, -0.25) is 4.79 Å². The molecule has 2 aliphatic heterocycles. The van der Waals surface area contributed by atoms with Crippen molar-refractivity contribution in [2.45, 2.75) is 12.8 Å². The van der Waals surface area contributed by atoms with Gasteiger partial charge in [0.1, 0.15) is 11.5 Å². The van der Waals surface area contributed by atoms with E-state index in [0.29, 0.717) is 17.0 Å². The molecule has 0 aromatic carbocycles. The van der Waals surface area contributed by atoms with Gasteiger partial charge >= 0.3 is 0 Å². The second kappa shape index (κ2) is 4.81. The Kier molecular flexibility index (Phi) is 3.04. The summed E-state index contributed by atoms with van der Waals surface area (Å²) in [7, 11) is 0. The highest BCUT2D eigenvalue weighted by molar-refractivity contribution is 6.28. The monoisotopic (exact) mass is 308 g/mol. The maximum atomic E-state index is 12.1. The van der Waals surface area contributed by atoms with Gasteiger partial charge in [0.05, 0.1) is 18.6 Å². The minimum atomic E-state index is -0.172. The lowest BCUT2D eigenvalue weighted by molar-refractivity contribution is -0.127. The Balaban J connectivity index is 1.45. The van der Waals surface area contributed by atoms with Crippen LogP contribution >= 0.6 is 11.6 Å². The van der Waals surface area contributed by atoms with Crippen LogP contribution in [0, 0.1) is 11.3 Å². The molecule has 4 rings (SSSR count).